The number of fused-ring (bicyclic) bond motifs is 3. The summed E-state index contributed by atoms with van der Waals surface area (Å²) < 4.78 is 45.6. The highest BCUT2D eigenvalue weighted by molar-refractivity contribution is 7.88. The number of nitrogens with zero attached hydrogens (tertiary/aromatic N) is 2. The Hall–Kier alpha value is -1.55. The fourth-order valence-corrected chi connectivity index (χ4v) is 5.00. The van der Waals surface area contributed by atoms with Crippen LogP contribution in [-0.2, 0) is 25.3 Å². The number of hydrogen-bond donors (Lipinski definition) is 1. The monoisotopic (exact) mass is 372 g/mol. The van der Waals surface area contributed by atoms with Crippen LogP contribution in [0.1, 0.15) is 5.56 Å². The number of carbonyl (C=O) groups is 1. The van der Waals surface area contributed by atoms with Gasteiger partial charge in [-0.2, -0.15) is 4.31 Å². The first kappa shape index (κ1) is 18.2. The molecule has 2 heterocycles. The van der Waals surface area contributed by atoms with E-state index in [2.05, 4.69) is 0 Å². The van der Waals surface area contributed by atoms with Gasteiger partial charge in [0, 0.05) is 31.6 Å². The summed E-state index contributed by atoms with van der Waals surface area (Å²) >= 11 is 0. The molecule has 9 heteroatoms. The van der Waals surface area contributed by atoms with Gasteiger partial charge in [0.1, 0.15) is 5.82 Å². The number of aliphatic carboxylic acids is 1. The summed E-state index contributed by atoms with van der Waals surface area (Å²) in [5, 5.41) is 9.08. The number of benzene rings is 1. The first-order valence-corrected chi connectivity index (χ1v) is 9.70. The van der Waals surface area contributed by atoms with Crippen LogP contribution < -0.4 is 0 Å². The maximum Gasteiger partial charge on any atom is 0.317 e. The van der Waals surface area contributed by atoms with Crippen molar-refractivity contribution in [3.8, 4) is 0 Å². The minimum absolute atomic E-state index is 0.0742. The van der Waals surface area contributed by atoms with Crippen LogP contribution in [0.4, 0.5) is 4.39 Å². The van der Waals surface area contributed by atoms with Gasteiger partial charge in [-0.15, -0.1) is 0 Å². The van der Waals surface area contributed by atoms with Crippen molar-refractivity contribution in [3.05, 3.63) is 35.6 Å². The lowest BCUT2D eigenvalue weighted by molar-refractivity contribution is -0.139. The van der Waals surface area contributed by atoms with Gasteiger partial charge in [0.2, 0.25) is 10.0 Å². The van der Waals surface area contributed by atoms with Crippen LogP contribution in [-0.4, -0.2) is 74.1 Å². The first-order chi connectivity index (χ1) is 11.8. The zero-order valence-corrected chi connectivity index (χ0v) is 14.5. The van der Waals surface area contributed by atoms with Gasteiger partial charge < -0.3 is 9.84 Å². The molecule has 0 aliphatic carbocycles. The Morgan fingerprint density at radius 3 is 2.60 bits per heavy atom. The normalized spacial score (nSPS) is 25.5. The van der Waals surface area contributed by atoms with E-state index in [0.717, 1.165) is 0 Å². The third-order valence-electron chi connectivity index (χ3n) is 4.54. The van der Waals surface area contributed by atoms with Crippen LogP contribution in [0.25, 0.3) is 0 Å². The predicted molar refractivity (Wildman–Crippen MR) is 87.9 cm³/mol. The van der Waals surface area contributed by atoms with Crippen molar-refractivity contribution in [1.29, 1.82) is 0 Å². The second-order valence-electron chi connectivity index (χ2n) is 6.58. The minimum atomic E-state index is -3.59. The van der Waals surface area contributed by atoms with Crippen LogP contribution in [0.3, 0.4) is 0 Å². The van der Waals surface area contributed by atoms with Crippen LogP contribution in [0.5, 0.6) is 0 Å². The largest absolute Gasteiger partial charge is 0.480 e. The Morgan fingerprint density at radius 2 is 1.92 bits per heavy atom. The molecule has 3 rings (SSSR count). The summed E-state index contributed by atoms with van der Waals surface area (Å²) in [7, 11) is -3.59. The van der Waals surface area contributed by atoms with Gasteiger partial charge in [-0.25, -0.2) is 12.8 Å². The van der Waals surface area contributed by atoms with Gasteiger partial charge in [-0.1, -0.05) is 12.1 Å². The molecule has 1 aromatic carbocycles. The molecule has 0 unspecified atom stereocenters. The lowest BCUT2D eigenvalue weighted by Gasteiger charge is -2.30. The van der Waals surface area contributed by atoms with Crippen molar-refractivity contribution in [1.82, 2.24) is 9.21 Å². The zero-order chi connectivity index (χ0) is 18.0. The van der Waals surface area contributed by atoms with E-state index < -0.39 is 21.8 Å². The van der Waals surface area contributed by atoms with Crippen LogP contribution in [0, 0.1) is 11.7 Å². The summed E-state index contributed by atoms with van der Waals surface area (Å²) in [4.78, 5) is 12.9. The number of hydrogen-bond acceptors (Lipinski definition) is 5. The molecule has 25 heavy (non-hydrogen) atoms. The van der Waals surface area contributed by atoms with E-state index in [0.29, 0.717) is 31.9 Å². The highest BCUT2D eigenvalue weighted by atomic mass is 32.2. The molecule has 0 saturated carbocycles. The predicted octanol–water partition coefficient (Wildman–Crippen LogP) is 0.373. The highest BCUT2D eigenvalue weighted by Crippen LogP contribution is 2.23. The summed E-state index contributed by atoms with van der Waals surface area (Å²) in [6.07, 6.45) is 0. The van der Waals surface area contributed by atoms with Crippen molar-refractivity contribution in [2.45, 2.75) is 11.8 Å². The Kier molecular flexibility index (Phi) is 5.38. The molecule has 0 aromatic heterocycles. The quantitative estimate of drug-likeness (QED) is 0.804. The maximum absolute atomic E-state index is 13.0. The average molecular weight is 372 g/mol. The zero-order valence-electron chi connectivity index (χ0n) is 13.7. The summed E-state index contributed by atoms with van der Waals surface area (Å²) in [6, 6.07) is 5.12. The average Bonchev–Trinajstić information content (AvgIpc) is 2.78. The van der Waals surface area contributed by atoms with E-state index in [4.69, 9.17) is 9.84 Å². The lowest BCUT2D eigenvalue weighted by atomic mass is 10.1. The van der Waals surface area contributed by atoms with E-state index in [1.165, 1.54) is 28.6 Å². The molecule has 138 valence electrons. The van der Waals surface area contributed by atoms with Crippen molar-refractivity contribution in [2.75, 3.05) is 39.4 Å². The van der Waals surface area contributed by atoms with Gasteiger partial charge in [-0.05, 0) is 17.7 Å². The molecule has 2 aliphatic rings. The molecule has 0 spiro atoms. The van der Waals surface area contributed by atoms with E-state index in [-0.39, 0.29) is 30.8 Å². The standard InChI is InChI=1S/C16H21FN2O5S/c17-14-3-1-12(2-4-14)11-25(22,23)19-6-13-5-18(8-16(20)21)15(7-19)10-24-9-13/h1-4,13,15H,5-11H2,(H,20,21)/t13-,15+/m1/s1. The van der Waals surface area contributed by atoms with Crippen molar-refractivity contribution in [2.24, 2.45) is 5.92 Å². The number of rotatable bonds is 5. The van der Waals surface area contributed by atoms with Crippen LogP contribution in [0.2, 0.25) is 0 Å². The molecular formula is C16H21FN2O5S. The molecule has 0 amide bonds. The van der Waals surface area contributed by atoms with E-state index >= 15 is 0 Å². The fourth-order valence-electron chi connectivity index (χ4n) is 3.36. The Bertz CT molecular complexity index is 725. The van der Waals surface area contributed by atoms with Crippen molar-refractivity contribution < 1.29 is 27.4 Å². The molecule has 1 aromatic rings. The molecule has 1 N–H and O–H groups in total. The molecule has 2 fully saturated rings. The molecule has 2 aliphatic heterocycles. The Balaban J connectivity index is 1.77. The van der Waals surface area contributed by atoms with E-state index in [1.807, 2.05) is 0 Å². The number of ether oxygens (including phenoxy) is 1. The fraction of sp³-hybridized carbons (Fsp3) is 0.562. The summed E-state index contributed by atoms with van der Waals surface area (Å²) in [5.41, 5.74) is 0.523. The molecule has 2 saturated heterocycles. The summed E-state index contributed by atoms with van der Waals surface area (Å²) in [6.45, 7) is 1.60. The number of sulfonamides is 1. The van der Waals surface area contributed by atoms with Crippen molar-refractivity contribution in [3.63, 3.8) is 0 Å². The summed E-state index contributed by atoms with van der Waals surface area (Å²) in [5.74, 6) is -1.62. The molecule has 2 bridgehead atoms. The third kappa shape index (κ3) is 4.55. The number of halogens is 1. The van der Waals surface area contributed by atoms with Crippen molar-refractivity contribution >= 4 is 16.0 Å². The number of carboxylic acids is 1. The first-order valence-electron chi connectivity index (χ1n) is 8.09. The lowest BCUT2D eigenvalue weighted by Crippen LogP contribution is -2.47. The Morgan fingerprint density at radius 1 is 1.20 bits per heavy atom. The second kappa shape index (κ2) is 7.36. The maximum atomic E-state index is 13.0. The smallest absolute Gasteiger partial charge is 0.317 e. The highest BCUT2D eigenvalue weighted by Gasteiger charge is 2.38. The van der Waals surface area contributed by atoms with E-state index in [1.54, 1.807) is 4.90 Å². The second-order valence-corrected chi connectivity index (χ2v) is 8.55. The van der Waals surface area contributed by atoms with Crippen LogP contribution >= 0.6 is 0 Å². The minimum Gasteiger partial charge on any atom is -0.480 e. The van der Waals surface area contributed by atoms with Gasteiger partial charge in [0.15, 0.2) is 0 Å². The number of carboxylic acid groups (broad SMARTS) is 1. The van der Waals surface area contributed by atoms with Gasteiger partial charge in [0.05, 0.1) is 25.5 Å². The van der Waals surface area contributed by atoms with Gasteiger partial charge >= 0.3 is 5.97 Å². The van der Waals surface area contributed by atoms with Crippen LogP contribution in [0.15, 0.2) is 24.3 Å². The molecular weight excluding hydrogens is 351 g/mol. The topological polar surface area (TPSA) is 87.2 Å². The van der Waals surface area contributed by atoms with Gasteiger partial charge in [0.25, 0.3) is 0 Å². The SMILES string of the molecule is O=C(O)CN1C[C@H]2COC[C@@H]1CN(S(=O)(=O)Cc1ccc(F)cc1)C2. The van der Waals surface area contributed by atoms with E-state index in [9.17, 15) is 17.6 Å². The molecule has 2 atom stereocenters. The third-order valence-corrected chi connectivity index (χ3v) is 6.33. The molecule has 7 nitrogen and oxygen atoms in total. The Labute approximate surface area is 146 Å². The molecule has 0 radical (unpaired) electrons. The van der Waals surface area contributed by atoms with Gasteiger partial charge in [-0.3, -0.25) is 9.69 Å².